The average Bonchev–Trinajstić information content (AvgIpc) is 2.99. The van der Waals surface area contributed by atoms with Crippen LogP contribution in [0, 0.1) is 0 Å². The number of hydrogen-bond donors (Lipinski definition) is 2. The number of rotatable bonds is 5. The molecule has 0 spiro atoms. The van der Waals surface area contributed by atoms with E-state index in [0.717, 1.165) is 24.1 Å². The molecule has 0 radical (unpaired) electrons. The molecular weight excluding hydrogens is 280 g/mol. The Kier molecular flexibility index (Phi) is 6.01. The second kappa shape index (κ2) is 8.22. The first-order valence-electron chi connectivity index (χ1n) is 7.70. The predicted octanol–water partition coefficient (Wildman–Crippen LogP) is 3.33. The molecule has 1 aliphatic carbocycles. The van der Waals surface area contributed by atoms with Crippen LogP contribution in [0.5, 0.6) is 0 Å². The van der Waals surface area contributed by atoms with Gasteiger partial charge in [0, 0.05) is 17.8 Å². The Morgan fingerprint density at radius 3 is 2.55 bits per heavy atom. The normalized spacial score (nSPS) is 15.0. The molecule has 2 rings (SSSR count). The van der Waals surface area contributed by atoms with Crippen molar-refractivity contribution in [2.24, 2.45) is 0 Å². The highest BCUT2D eigenvalue weighted by Gasteiger charge is 2.16. The van der Waals surface area contributed by atoms with Gasteiger partial charge in [-0.05, 0) is 43.5 Å². The highest BCUT2D eigenvalue weighted by Crippen LogP contribution is 2.18. The third kappa shape index (κ3) is 5.24. The van der Waals surface area contributed by atoms with Crippen LogP contribution in [-0.2, 0) is 9.53 Å². The van der Waals surface area contributed by atoms with E-state index in [0.29, 0.717) is 12.6 Å². The minimum atomic E-state index is -0.361. The van der Waals surface area contributed by atoms with Crippen molar-refractivity contribution in [3.05, 3.63) is 35.9 Å². The van der Waals surface area contributed by atoms with Gasteiger partial charge in [0.15, 0.2) is 0 Å². The first kappa shape index (κ1) is 16.1. The van der Waals surface area contributed by atoms with Crippen molar-refractivity contribution in [2.45, 2.75) is 38.6 Å². The van der Waals surface area contributed by atoms with E-state index in [9.17, 15) is 9.59 Å². The van der Waals surface area contributed by atoms with Gasteiger partial charge in [-0.15, -0.1) is 0 Å². The minimum Gasteiger partial charge on any atom is -0.463 e. The summed E-state index contributed by atoms with van der Waals surface area (Å²) in [5.74, 6) is -0.361. The Balaban J connectivity index is 1.83. The maximum absolute atomic E-state index is 11.8. The highest BCUT2D eigenvalue weighted by atomic mass is 16.5. The molecular formula is C17H22N2O3. The lowest BCUT2D eigenvalue weighted by Gasteiger charge is -2.13. The molecule has 0 aromatic heterocycles. The first-order valence-corrected chi connectivity index (χ1v) is 7.70. The van der Waals surface area contributed by atoms with Crippen molar-refractivity contribution >= 4 is 23.8 Å². The maximum atomic E-state index is 11.8. The second-order valence-electron chi connectivity index (χ2n) is 5.29. The monoisotopic (exact) mass is 302 g/mol. The lowest BCUT2D eigenvalue weighted by Crippen LogP contribution is -2.36. The summed E-state index contributed by atoms with van der Waals surface area (Å²) in [4.78, 5) is 23.1. The molecule has 1 aromatic carbocycles. The van der Waals surface area contributed by atoms with E-state index in [1.54, 1.807) is 25.1 Å². The van der Waals surface area contributed by atoms with E-state index in [-0.39, 0.29) is 12.0 Å². The summed E-state index contributed by atoms with van der Waals surface area (Å²) < 4.78 is 4.81. The van der Waals surface area contributed by atoms with Crippen LogP contribution in [0.25, 0.3) is 6.08 Å². The van der Waals surface area contributed by atoms with Gasteiger partial charge in [-0.25, -0.2) is 9.59 Å². The third-order valence-corrected chi connectivity index (χ3v) is 3.56. The fourth-order valence-electron chi connectivity index (χ4n) is 2.45. The van der Waals surface area contributed by atoms with E-state index in [1.165, 1.54) is 18.9 Å². The molecule has 0 heterocycles. The number of anilines is 1. The zero-order valence-corrected chi connectivity index (χ0v) is 12.8. The zero-order chi connectivity index (χ0) is 15.8. The molecule has 2 N–H and O–H groups in total. The fraction of sp³-hybridized carbons (Fsp3) is 0.412. The molecule has 1 saturated carbocycles. The van der Waals surface area contributed by atoms with Crippen molar-refractivity contribution in [2.75, 3.05) is 11.9 Å². The van der Waals surface area contributed by atoms with Crippen LogP contribution in [0.2, 0.25) is 0 Å². The molecule has 5 heteroatoms. The predicted molar refractivity (Wildman–Crippen MR) is 86.5 cm³/mol. The standard InChI is InChI=1S/C17H22N2O3/c1-2-22-16(20)12-9-13-7-10-15(11-8-13)19-17(21)18-14-5-3-4-6-14/h7-12,14H,2-6H2,1H3,(H2,18,19,21)/b12-9+. The lowest BCUT2D eigenvalue weighted by atomic mass is 10.2. The number of urea groups is 1. The molecule has 0 bridgehead atoms. The quantitative estimate of drug-likeness (QED) is 0.647. The van der Waals surface area contributed by atoms with E-state index in [4.69, 9.17) is 4.74 Å². The van der Waals surface area contributed by atoms with Crippen LogP contribution in [-0.4, -0.2) is 24.6 Å². The van der Waals surface area contributed by atoms with Crippen molar-refractivity contribution in [3.63, 3.8) is 0 Å². The second-order valence-corrected chi connectivity index (χ2v) is 5.29. The highest BCUT2D eigenvalue weighted by molar-refractivity contribution is 5.90. The van der Waals surface area contributed by atoms with Crippen molar-refractivity contribution in [3.8, 4) is 0 Å². The topological polar surface area (TPSA) is 67.4 Å². The van der Waals surface area contributed by atoms with E-state index >= 15 is 0 Å². The van der Waals surface area contributed by atoms with E-state index in [2.05, 4.69) is 10.6 Å². The van der Waals surface area contributed by atoms with Crippen LogP contribution in [0.4, 0.5) is 10.5 Å². The zero-order valence-electron chi connectivity index (χ0n) is 12.8. The molecule has 22 heavy (non-hydrogen) atoms. The van der Waals surface area contributed by atoms with Crippen LogP contribution in [0.15, 0.2) is 30.3 Å². The third-order valence-electron chi connectivity index (χ3n) is 3.56. The van der Waals surface area contributed by atoms with E-state index in [1.807, 2.05) is 12.1 Å². The number of carbonyl (C=O) groups excluding carboxylic acids is 2. The van der Waals surface area contributed by atoms with Crippen molar-refractivity contribution in [1.82, 2.24) is 5.32 Å². The Labute approximate surface area is 130 Å². The summed E-state index contributed by atoms with van der Waals surface area (Å²) in [5, 5.41) is 5.79. The number of carbonyl (C=O) groups is 2. The first-order chi connectivity index (χ1) is 10.7. The van der Waals surface area contributed by atoms with Crippen LogP contribution in [0.1, 0.15) is 38.2 Å². The summed E-state index contributed by atoms with van der Waals surface area (Å²) in [6.07, 6.45) is 7.56. The van der Waals surface area contributed by atoms with Gasteiger partial charge in [-0.1, -0.05) is 25.0 Å². The molecule has 2 amide bonds. The molecule has 1 aromatic rings. The molecule has 1 aliphatic rings. The number of nitrogens with one attached hydrogen (secondary N) is 2. The fourth-order valence-corrected chi connectivity index (χ4v) is 2.45. The summed E-state index contributed by atoms with van der Waals surface area (Å²) in [6.45, 7) is 2.13. The lowest BCUT2D eigenvalue weighted by molar-refractivity contribution is -0.137. The Morgan fingerprint density at radius 1 is 1.23 bits per heavy atom. The molecule has 1 fully saturated rings. The number of amides is 2. The van der Waals surface area contributed by atoms with Crippen LogP contribution in [0.3, 0.4) is 0 Å². The SMILES string of the molecule is CCOC(=O)/C=C/c1ccc(NC(=O)NC2CCCC2)cc1. The Hall–Kier alpha value is -2.30. The smallest absolute Gasteiger partial charge is 0.330 e. The van der Waals surface area contributed by atoms with E-state index < -0.39 is 0 Å². The number of esters is 1. The van der Waals surface area contributed by atoms with Crippen LogP contribution < -0.4 is 10.6 Å². The minimum absolute atomic E-state index is 0.165. The molecule has 118 valence electrons. The summed E-state index contributed by atoms with van der Waals surface area (Å²) in [6, 6.07) is 7.41. The molecule has 5 nitrogen and oxygen atoms in total. The summed E-state index contributed by atoms with van der Waals surface area (Å²) in [5.41, 5.74) is 1.60. The van der Waals surface area contributed by atoms with Gasteiger partial charge >= 0.3 is 12.0 Å². The summed E-state index contributed by atoms with van der Waals surface area (Å²) >= 11 is 0. The molecule has 0 unspecified atom stereocenters. The van der Waals surface area contributed by atoms with Gasteiger partial charge in [-0.2, -0.15) is 0 Å². The maximum Gasteiger partial charge on any atom is 0.330 e. The average molecular weight is 302 g/mol. The number of ether oxygens (including phenoxy) is 1. The van der Waals surface area contributed by atoms with Gasteiger partial charge in [-0.3, -0.25) is 0 Å². The Bertz CT molecular complexity index is 531. The number of hydrogen-bond acceptors (Lipinski definition) is 3. The van der Waals surface area contributed by atoms with Gasteiger partial charge in [0.05, 0.1) is 6.61 Å². The van der Waals surface area contributed by atoms with Gasteiger partial charge < -0.3 is 15.4 Å². The summed E-state index contributed by atoms with van der Waals surface area (Å²) in [7, 11) is 0. The Morgan fingerprint density at radius 2 is 1.91 bits per heavy atom. The molecule has 0 aliphatic heterocycles. The van der Waals surface area contributed by atoms with Crippen molar-refractivity contribution in [1.29, 1.82) is 0 Å². The van der Waals surface area contributed by atoms with Crippen LogP contribution >= 0.6 is 0 Å². The largest absolute Gasteiger partial charge is 0.463 e. The van der Waals surface area contributed by atoms with Gasteiger partial charge in [0.25, 0.3) is 0 Å². The van der Waals surface area contributed by atoms with Gasteiger partial charge in [0.2, 0.25) is 0 Å². The van der Waals surface area contributed by atoms with Gasteiger partial charge in [0.1, 0.15) is 0 Å². The molecule has 0 saturated heterocycles. The van der Waals surface area contributed by atoms with Crippen molar-refractivity contribution < 1.29 is 14.3 Å². The number of benzene rings is 1. The molecule has 0 atom stereocenters.